The molecular weight excluding hydrogens is 332 g/mol. The van der Waals surface area contributed by atoms with E-state index in [4.69, 9.17) is 0 Å². The maximum Gasteiger partial charge on any atom is 0.270 e. The number of carbonyl (C=O) groups is 3. The van der Waals surface area contributed by atoms with Crippen molar-refractivity contribution in [3.05, 3.63) is 34.9 Å². The summed E-state index contributed by atoms with van der Waals surface area (Å²) in [5.74, 6) is -0.308. The zero-order valence-corrected chi connectivity index (χ0v) is 15.2. The Balaban J connectivity index is 1.64. The van der Waals surface area contributed by atoms with Gasteiger partial charge in [-0.05, 0) is 43.5 Å². The highest BCUT2D eigenvalue weighted by molar-refractivity contribution is 6.39. The fraction of sp³-hybridized carbons (Fsp3) is 0.474. The Labute approximate surface area is 153 Å². The van der Waals surface area contributed by atoms with Crippen molar-refractivity contribution in [3.8, 4) is 0 Å². The van der Waals surface area contributed by atoms with E-state index in [1.807, 2.05) is 36.9 Å². The van der Waals surface area contributed by atoms with E-state index in [1.54, 1.807) is 4.90 Å². The van der Waals surface area contributed by atoms with Crippen molar-refractivity contribution in [3.63, 3.8) is 0 Å². The first-order valence-electron chi connectivity index (χ1n) is 8.97. The van der Waals surface area contributed by atoms with Crippen molar-refractivity contribution in [1.82, 2.24) is 15.2 Å². The van der Waals surface area contributed by atoms with Crippen molar-refractivity contribution < 1.29 is 14.4 Å². The number of hydrogen-bond donors (Lipinski definition) is 1. The van der Waals surface area contributed by atoms with Crippen LogP contribution in [0.5, 0.6) is 0 Å². The molecule has 0 atom stereocenters. The van der Waals surface area contributed by atoms with Gasteiger partial charge in [0.05, 0.1) is 0 Å². The van der Waals surface area contributed by atoms with Crippen molar-refractivity contribution in [2.45, 2.75) is 33.1 Å². The monoisotopic (exact) mass is 356 g/mol. The van der Waals surface area contributed by atoms with Crippen LogP contribution in [0.15, 0.2) is 23.3 Å². The fourth-order valence-corrected chi connectivity index (χ4v) is 3.19. The molecule has 0 unspecified atom stereocenters. The standard InChI is InChI=1S/C19H24N4O3/c1-13-4-5-15(12-14(13)2)18(25)22-8-3-9-23(11-10-22)19(26)16-6-7-17(24)21-20-16/h4-5,12H,3,6-11H2,1-2H3,(H,21,24). The third-order valence-electron chi connectivity index (χ3n) is 4.98. The lowest BCUT2D eigenvalue weighted by Crippen LogP contribution is -2.42. The van der Waals surface area contributed by atoms with E-state index in [9.17, 15) is 14.4 Å². The first-order chi connectivity index (χ1) is 12.5. The van der Waals surface area contributed by atoms with Crippen LogP contribution in [0.4, 0.5) is 0 Å². The minimum atomic E-state index is -0.164. The number of nitrogens with one attached hydrogen (secondary N) is 1. The molecule has 3 amide bonds. The zero-order chi connectivity index (χ0) is 18.7. The van der Waals surface area contributed by atoms with Crippen LogP contribution in [0.25, 0.3) is 0 Å². The fourth-order valence-electron chi connectivity index (χ4n) is 3.19. The summed E-state index contributed by atoms with van der Waals surface area (Å²) in [4.78, 5) is 40.1. The number of nitrogens with zero attached hydrogens (tertiary/aromatic N) is 3. The van der Waals surface area contributed by atoms with E-state index < -0.39 is 0 Å². The highest BCUT2D eigenvalue weighted by Gasteiger charge is 2.27. The Morgan fingerprint density at radius 2 is 1.65 bits per heavy atom. The predicted octanol–water partition coefficient (Wildman–Crippen LogP) is 1.24. The minimum absolute atomic E-state index is 0.00432. The van der Waals surface area contributed by atoms with Gasteiger partial charge >= 0.3 is 0 Å². The van der Waals surface area contributed by atoms with Gasteiger partial charge in [0, 0.05) is 44.6 Å². The molecule has 1 saturated heterocycles. The van der Waals surface area contributed by atoms with Crippen LogP contribution in [-0.4, -0.2) is 59.4 Å². The Morgan fingerprint density at radius 3 is 2.27 bits per heavy atom. The summed E-state index contributed by atoms with van der Waals surface area (Å²) < 4.78 is 0. The van der Waals surface area contributed by atoms with Crippen LogP contribution >= 0.6 is 0 Å². The molecule has 2 aliphatic heterocycles. The van der Waals surface area contributed by atoms with E-state index in [1.165, 1.54) is 0 Å². The van der Waals surface area contributed by atoms with Crippen LogP contribution in [0.2, 0.25) is 0 Å². The number of carbonyl (C=O) groups excluding carboxylic acids is 3. The molecule has 0 aromatic heterocycles. The van der Waals surface area contributed by atoms with E-state index in [2.05, 4.69) is 10.5 Å². The number of amides is 3. The van der Waals surface area contributed by atoms with Crippen molar-refractivity contribution in [1.29, 1.82) is 0 Å². The molecular formula is C19H24N4O3. The summed E-state index contributed by atoms with van der Waals surface area (Å²) in [7, 11) is 0. The lowest BCUT2D eigenvalue weighted by atomic mass is 10.1. The van der Waals surface area contributed by atoms with Gasteiger partial charge in [0.25, 0.3) is 11.8 Å². The topological polar surface area (TPSA) is 82.1 Å². The summed E-state index contributed by atoms with van der Waals surface area (Å²) >= 11 is 0. The number of aryl methyl sites for hydroxylation is 2. The molecule has 0 saturated carbocycles. The number of hydrogen-bond acceptors (Lipinski definition) is 4. The molecule has 3 rings (SSSR count). The highest BCUT2D eigenvalue weighted by atomic mass is 16.2. The molecule has 0 bridgehead atoms. The minimum Gasteiger partial charge on any atom is -0.337 e. The molecule has 26 heavy (non-hydrogen) atoms. The highest BCUT2D eigenvalue weighted by Crippen LogP contribution is 2.14. The van der Waals surface area contributed by atoms with Gasteiger partial charge in [0.1, 0.15) is 5.71 Å². The summed E-state index contributed by atoms with van der Waals surface area (Å²) in [5.41, 5.74) is 5.70. The van der Waals surface area contributed by atoms with Crippen molar-refractivity contribution in [2.75, 3.05) is 26.2 Å². The van der Waals surface area contributed by atoms with Crippen LogP contribution in [0, 0.1) is 13.8 Å². The van der Waals surface area contributed by atoms with Gasteiger partial charge in [-0.25, -0.2) is 5.43 Å². The summed E-state index contributed by atoms with van der Waals surface area (Å²) in [6.07, 6.45) is 1.38. The Morgan fingerprint density at radius 1 is 0.962 bits per heavy atom. The molecule has 2 aliphatic rings. The number of benzene rings is 1. The average Bonchev–Trinajstić information content (AvgIpc) is 2.89. The lowest BCUT2D eigenvalue weighted by Gasteiger charge is -2.23. The van der Waals surface area contributed by atoms with Gasteiger partial charge in [-0.2, -0.15) is 5.10 Å². The molecule has 7 heteroatoms. The molecule has 138 valence electrons. The maximum absolute atomic E-state index is 12.8. The Hall–Kier alpha value is -2.70. The molecule has 2 heterocycles. The number of rotatable bonds is 2. The molecule has 1 fully saturated rings. The van der Waals surface area contributed by atoms with Crippen LogP contribution in [0.3, 0.4) is 0 Å². The molecule has 0 spiro atoms. The third kappa shape index (κ3) is 3.92. The quantitative estimate of drug-likeness (QED) is 0.866. The first kappa shape index (κ1) is 18.1. The van der Waals surface area contributed by atoms with Gasteiger partial charge in [0.2, 0.25) is 5.91 Å². The molecule has 1 N–H and O–H groups in total. The summed E-state index contributed by atoms with van der Waals surface area (Å²) in [6.45, 7) is 6.20. The van der Waals surface area contributed by atoms with E-state index in [0.29, 0.717) is 43.9 Å². The number of hydrazone groups is 1. The maximum atomic E-state index is 12.8. The molecule has 1 aromatic carbocycles. The van der Waals surface area contributed by atoms with Crippen molar-refractivity contribution >= 4 is 23.4 Å². The second-order valence-corrected chi connectivity index (χ2v) is 6.83. The van der Waals surface area contributed by atoms with Crippen LogP contribution in [0.1, 0.15) is 40.7 Å². The average molecular weight is 356 g/mol. The Bertz CT molecular complexity index is 772. The Kier molecular flexibility index (Phi) is 5.35. The second kappa shape index (κ2) is 7.68. The van der Waals surface area contributed by atoms with Gasteiger partial charge in [-0.1, -0.05) is 6.07 Å². The van der Waals surface area contributed by atoms with Gasteiger partial charge in [0.15, 0.2) is 0 Å². The molecule has 1 aromatic rings. The third-order valence-corrected chi connectivity index (χ3v) is 4.98. The normalized spacial score (nSPS) is 18.1. The van der Waals surface area contributed by atoms with Crippen molar-refractivity contribution in [2.24, 2.45) is 5.10 Å². The SMILES string of the molecule is Cc1ccc(C(=O)N2CCCN(C(=O)C3=NNC(=O)CC3)CC2)cc1C. The van der Waals surface area contributed by atoms with Crippen LogP contribution in [-0.2, 0) is 9.59 Å². The smallest absolute Gasteiger partial charge is 0.270 e. The van der Waals surface area contributed by atoms with E-state index >= 15 is 0 Å². The lowest BCUT2D eigenvalue weighted by molar-refractivity contribution is -0.124. The van der Waals surface area contributed by atoms with Gasteiger partial charge in [-0.3, -0.25) is 14.4 Å². The molecule has 7 nitrogen and oxygen atoms in total. The van der Waals surface area contributed by atoms with Gasteiger partial charge < -0.3 is 9.80 Å². The van der Waals surface area contributed by atoms with E-state index in [0.717, 1.165) is 17.5 Å². The van der Waals surface area contributed by atoms with Crippen LogP contribution < -0.4 is 5.43 Å². The largest absolute Gasteiger partial charge is 0.337 e. The molecule has 0 aliphatic carbocycles. The zero-order valence-electron chi connectivity index (χ0n) is 15.2. The summed E-state index contributed by atoms with van der Waals surface area (Å²) in [5, 5.41) is 3.88. The molecule has 0 radical (unpaired) electrons. The second-order valence-electron chi connectivity index (χ2n) is 6.83. The summed E-state index contributed by atoms with van der Waals surface area (Å²) in [6, 6.07) is 5.74. The van der Waals surface area contributed by atoms with Gasteiger partial charge in [-0.15, -0.1) is 0 Å². The van der Waals surface area contributed by atoms with E-state index in [-0.39, 0.29) is 24.1 Å². The predicted molar refractivity (Wildman–Crippen MR) is 97.8 cm³/mol. The first-order valence-corrected chi connectivity index (χ1v) is 8.97.